The number of hydrogen-bond donors (Lipinski definition) is 0. The van der Waals surface area contributed by atoms with Crippen LogP contribution in [0.2, 0.25) is 0 Å². The summed E-state index contributed by atoms with van der Waals surface area (Å²) in [4.78, 5) is 14.6. The molecule has 0 aliphatic carbocycles. The number of thiazole rings is 2. The monoisotopic (exact) mass is 692 g/mol. The second-order valence-electron chi connectivity index (χ2n) is 12.2. The highest BCUT2D eigenvalue weighted by atomic mass is 32.1. The minimum atomic E-state index is 0.812. The lowest BCUT2D eigenvalue weighted by Gasteiger charge is -2.26. The highest BCUT2D eigenvalue weighted by Gasteiger charge is 2.25. The van der Waals surface area contributed by atoms with Crippen molar-refractivity contribution in [2.24, 2.45) is 0 Å². The average Bonchev–Trinajstić information content (AvgIpc) is 3.92. The highest BCUT2D eigenvalue weighted by Crippen LogP contribution is 2.48. The van der Waals surface area contributed by atoms with Crippen molar-refractivity contribution in [3.8, 4) is 10.6 Å². The first-order valence-corrected chi connectivity index (χ1v) is 18.4. The molecule has 7 aromatic carbocycles. The van der Waals surface area contributed by atoms with Crippen molar-refractivity contribution in [2.75, 3.05) is 9.80 Å². The molecule has 7 heteroatoms. The van der Waals surface area contributed by atoms with E-state index in [0.717, 1.165) is 81.8 Å². The van der Waals surface area contributed by atoms with Gasteiger partial charge in [0.2, 0.25) is 0 Å². The molecule has 10 aromatic rings. The molecule has 0 amide bonds. The molecule has 3 heterocycles. The summed E-state index contributed by atoms with van der Waals surface area (Å²) < 4.78 is 9.21. The molecule has 5 nitrogen and oxygen atoms in total. The van der Waals surface area contributed by atoms with Crippen molar-refractivity contribution < 1.29 is 4.42 Å². The number of nitrogens with zero attached hydrogens (tertiary/aromatic N) is 4. The molecule has 0 aliphatic heterocycles. The zero-order valence-corrected chi connectivity index (χ0v) is 28.8. The Morgan fingerprint density at radius 2 is 1.08 bits per heavy atom. The molecule has 0 saturated carbocycles. The fraction of sp³-hybridized carbons (Fsp3) is 0. The number of aromatic nitrogens is 2. The molecule has 242 valence electrons. The Morgan fingerprint density at radius 1 is 0.471 bits per heavy atom. The summed E-state index contributed by atoms with van der Waals surface area (Å²) in [5.74, 6) is 0. The molecule has 0 radical (unpaired) electrons. The van der Waals surface area contributed by atoms with Crippen LogP contribution in [0.4, 0.5) is 33.6 Å². The molecule has 0 saturated heterocycles. The second kappa shape index (κ2) is 12.2. The lowest BCUT2D eigenvalue weighted by molar-refractivity contribution is 0.669. The van der Waals surface area contributed by atoms with Crippen molar-refractivity contribution in [3.05, 3.63) is 170 Å². The third-order valence-corrected chi connectivity index (χ3v) is 11.2. The molecule has 0 fully saturated rings. The summed E-state index contributed by atoms with van der Waals surface area (Å²) in [5, 5.41) is 3.96. The van der Waals surface area contributed by atoms with E-state index in [4.69, 9.17) is 14.4 Å². The van der Waals surface area contributed by atoms with Crippen LogP contribution in [0, 0.1) is 0 Å². The zero-order chi connectivity index (χ0) is 33.7. The lowest BCUT2D eigenvalue weighted by Crippen LogP contribution is -2.10. The molecular weight excluding hydrogens is 665 g/mol. The fourth-order valence-corrected chi connectivity index (χ4v) is 8.80. The van der Waals surface area contributed by atoms with Crippen molar-refractivity contribution in [1.82, 2.24) is 9.97 Å². The van der Waals surface area contributed by atoms with E-state index in [1.165, 1.54) is 4.70 Å². The van der Waals surface area contributed by atoms with Crippen LogP contribution in [0.25, 0.3) is 52.9 Å². The lowest BCUT2D eigenvalue weighted by atomic mass is 10.1. The molecule has 3 aromatic heterocycles. The molecule has 0 unspecified atom stereocenters. The van der Waals surface area contributed by atoms with Crippen LogP contribution in [-0.2, 0) is 0 Å². The normalized spacial score (nSPS) is 11.5. The first-order chi connectivity index (χ1) is 25.3. The van der Waals surface area contributed by atoms with Crippen molar-refractivity contribution >= 4 is 98.6 Å². The fourth-order valence-electron chi connectivity index (χ4n) is 6.84. The second-order valence-corrected chi connectivity index (χ2v) is 14.3. The predicted octanol–water partition coefficient (Wildman–Crippen LogP) is 13.4. The van der Waals surface area contributed by atoms with Gasteiger partial charge in [-0.15, -0.1) is 11.3 Å². The van der Waals surface area contributed by atoms with Crippen molar-refractivity contribution in [3.63, 3.8) is 0 Å². The van der Waals surface area contributed by atoms with Gasteiger partial charge >= 0.3 is 0 Å². The van der Waals surface area contributed by atoms with E-state index < -0.39 is 0 Å². The van der Waals surface area contributed by atoms with Crippen LogP contribution in [0.1, 0.15) is 0 Å². The van der Waals surface area contributed by atoms with Crippen LogP contribution in [0.3, 0.4) is 0 Å². The third-order valence-electron chi connectivity index (χ3n) is 9.11. The van der Waals surface area contributed by atoms with Gasteiger partial charge in [0.15, 0.2) is 10.7 Å². The SMILES string of the molecule is c1ccc(N(c2cccc(-c3nc4ccccc4s3)c2)c2cccc3c2oc2cccc(N(c4ccccc4)c4nc5ccccc5s4)c23)cc1. The van der Waals surface area contributed by atoms with E-state index in [2.05, 4.69) is 155 Å². The number of anilines is 6. The van der Waals surface area contributed by atoms with E-state index in [9.17, 15) is 0 Å². The highest BCUT2D eigenvalue weighted by molar-refractivity contribution is 7.22. The summed E-state index contributed by atoms with van der Waals surface area (Å²) >= 11 is 3.40. The van der Waals surface area contributed by atoms with Gasteiger partial charge in [-0.3, -0.25) is 4.90 Å². The summed E-state index contributed by atoms with van der Waals surface area (Å²) in [7, 11) is 0. The first-order valence-electron chi connectivity index (χ1n) is 16.7. The van der Waals surface area contributed by atoms with Gasteiger partial charge in [0, 0.05) is 28.0 Å². The zero-order valence-electron chi connectivity index (χ0n) is 27.2. The third kappa shape index (κ3) is 5.14. The Kier molecular flexibility index (Phi) is 7.11. The number of rotatable bonds is 7. The van der Waals surface area contributed by atoms with Gasteiger partial charge < -0.3 is 9.32 Å². The molecule has 0 atom stereocenters. The van der Waals surface area contributed by atoms with Crippen LogP contribution in [0.5, 0.6) is 0 Å². The Bertz CT molecular complexity index is 2770. The molecule has 0 bridgehead atoms. The Balaban J connectivity index is 1.18. The molecule has 0 aliphatic rings. The predicted molar refractivity (Wildman–Crippen MR) is 215 cm³/mol. The average molecular weight is 693 g/mol. The Morgan fingerprint density at radius 3 is 1.82 bits per heavy atom. The van der Waals surface area contributed by atoms with Gasteiger partial charge in [-0.05, 0) is 78.9 Å². The Hall–Kier alpha value is -6.28. The summed E-state index contributed by atoms with van der Waals surface area (Å²) in [6.07, 6.45) is 0. The number of para-hydroxylation sites is 5. The number of benzene rings is 7. The van der Waals surface area contributed by atoms with E-state index in [1.807, 2.05) is 24.3 Å². The van der Waals surface area contributed by atoms with E-state index >= 15 is 0 Å². The Labute approximate surface area is 301 Å². The molecular formula is C44H28N4OS2. The molecule has 0 spiro atoms. The number of furan rings is 1. The van der Waals surface area contributed by atoms with Gasteiger partial charge in [0.1, 0.15) is 10.6 Å². The van der Waals surface area contributed by atoms with Crippen LogP contribution in [0.15, 0.2) is 174 Å². The van der Waals surface area contributed by atoms with Gasteiger partial charge in [0.05, 0.1) is 37.2 Å². The van der Waals surface area contributed by atoms with E-state index in [-0.39, 0.29) is 0 Å². The van der Waals surface area contributed by atoms with Gasteiger partial charge in [-0.2, -0.15) is 0 Å². The molecule has 51 heavy (non-hydrogen) atoms. The maximum absolute atomic E-state index is 6.89. The summed E-state index contributed by atoms with van der Waals surface area (Å²) in [6, 6.07) is 58.9. The smallest absolute Gasteiger partial charge is 0.195 e. The minimum absolute atomic E-state index is 0.812. The van der Waals surface area contributed by atoms with Crippen molar-refractivity contribution in [1.29, 1.82) is 0 Å². The van der Waals surface area contributed by atoms with Gasteiger partial charge in [-0.1, -0.05) is 102 Å². The van der Waals surface area contributed by atoms with Gasteiger partial charge in [-0.25, -0.2) is 9.97 Å². The topological polar surface area (TPSA) is 45.4 Å². The maximum Gasteiger partial charge on any atom is 0.195 e. The van der Waals surface area contributed by atoms with E-state index in [1.54, 1.807) is 22.7 Å². The minimum Gasteiger partial charge on any atom is -0.454 e. The summed E-state index contributed by atoms with van der Waals surface area (Å²) in [6.45, 7) is 0. The standard InChI is InChI=1S/C44H28N4OS2/c1-3-15-30(16-4-1)47(32-19-11-14-29(28-32)43-45-34-21-7-9-26-39(34)50-43)37-24-12-20-33-41-36(23-13-25-38(41)49-42(33)37)48(31-17-5-2-6-18-31)44-46-35-22-8-10-27-40(35)51-44/h1-28H. The van der Waals surface area contributed by atoms with Crippen LogP contribution >= 0.6 is 22.7 Å². The first kappa shape index (κ1) is 29.6. The molecule has 0 N–H and O–H groups in total. The van der Waals surface area contributed by atoms with Gasteiger partial charge in [0.25, 0.3) is 0 Å². The largest absolute Gasteiger partial charge is 0.454 e. The van der Waals surface area contributed by atoms with Crippen LogP contribution in [-0.4, -0.2) is 9.97 Å². The van der Waals surface area contributed by atoms with Crippen molar-refractivity contribution in [2.45, 2.75) is 0 Å². The maximum atomic E-state index is 6.89. The van der Waals surface area contributed by atoms with Crippen LogP contribution < -0.4 is 9.80 Å². The number of hydrogen-bond acceptors (Lipinski definition) is 7. The number of fused-ring (bicyclic) bond motifs is 5. The van der Waals surface area contributed by atoms with E-state index in [0.29, 0.717) is 0 Å². The summed E-state index contributed by atoms with van der Waals surface area (Å²) in [5.41, 5.74) is 9.75. The quantitative estimate of drug-likeness (QED) is 0.166. The molecule has 10 rings (SSSR count).